The van der Waals surface area contributed by atoms with Crippen molar-refractivity contribution in [1.29, 1.82) is 0 Å². The van der Waals surface area contributed by atoms with E-state index in [-0.39, 0.29) is 5.41 Å². The van der Waals surface area contributed by atoms with Crippen LogP contribution in [-0.4, -0.2) is 7.11 Å². The number of hydrogen-bond donors (Lipinski definition) is 0. The third kappa shape index (κ3) is 3.23. The molecule has 1 aromatic heterocycles. The zero-order valence-corrected chi connectivity index (χ0v) is 9.44. The van der Waals surface area contributed by atoms with E-state index in [4.69, 9.17) is 4.74 Å². The Morgan fingerprint density at radius 3 is 2.62 bits per heavy atom. The van der Waals surface area contributed by atoms with Crippen LogP contribution in [0, 0.1) is 5.41 Å². The maximum Gasteiger partial charge on any atom is 0.136 e. The summed E-state index contributed by atoms with van der Waals surface area (Å²) in [5.74, 6) is 0.963. The molecular formula is C11H16OS. The summed E-state index contributed by atoms with van der Waals surface area (Å²) >= 11 is 1.70. The minimum atomic E-state index is 0.231. The zero-order chi connectivity index (χ0) is 9.90. The number of rotatable bonds is 2. The molecule has 0 aliphatic heterocycles. The van der Waals surface area contributed by atoms with Crippen LogP contribution in [-0.2, 0) is 0 Å². The van der Waals surface area contributed by atoms with E-state index in [1.165, 1.54) is 4.88 Å². The van der Waals surface area contributed by atoms with Crippen LogP contribution in [0.3, 0.4) is 0 Å². The molecule has 0 aromatic carbocycles. The predicted octanol–water partition coefficient (Wildman–Crippen LogP) is 3.82. The van der Waals surface area contributed by atoms with Gasteiger partial charge >= 0.3 is 0 Å². The van der Waals surface area contributed by atoms with Gasteiger partial charge in [-0.15, -0.1) is 11.3 Å². The molecule has 0 radical (unpaired) electrons. The third-order valence-corrected chi connectivity index (χ3v) is 2.48. The number of ether oxygens (including phenoxy) is 1. The Labute approximate surface area is 84.1 Å². The number of hydrogen-bond acceptors (Lipinski definition) is 2. The Hall–Kier alpha value is -0.760. The maximum absolute atomic E-state index is 5.21. The van der Waals surface area contributed by atoms with E-state index < -0.39 is 0 Å². The normalized spacial score (nSPS) is 12.3. The largest absolute Gasteiger partial charge is 0.495 e. The fourth-order valence-electron chi connectivity index (χ4n) is 0.925. The van der Waals surface area contributed by atoms with E-state index >= 15 is 0 Å². The van der Waals surface area contributed by atoms with Gasteiger partial charge in [0.2, 0.25) is 0 Å². The van der Waals surface area contributed by atoms with Crippen molar-refractivity contribution in [2.75, 3.05) is 7.11 Å². The highest BCUT2D eigenvalue weighted by Gasteiger charge is 2.05. The molecule has 0 spiro atoms. The van der Waals surface area contributed by atoms with E-state index in [1.807, 2.05) is 11.4 Å². The van der Waals surface area contributed by atoms with Crippen molar-refractivity contribution in [2.45, 2.75) is 20.8 Å². The Morgan fingerprint density at radius 2 is 2.08 bits per heavy atom. The quantitative estimate of drug-likeness (QED) is 0.698. The first-order chi connectivity index (χ1) is 6.03. The Kier molecular flexibility index (Phi) is 3.15. The van der Waals surface area contributed by atoms with Crippen molar-refractivity contribution in [3.05, 3.63) is 22.4 Å². The first kappa shape index (κ1) is 10.3. The van der Waals surface area contributed by atoms with Crippen molar-refractivity contribution >= 4 is 17.4 Å². The van der Waals surface area contributed by atoms with Gasteiger partial charge in [0.25, 0.3) is 0 Å². The molecule has 13 heavy (non-hydrogen) atoms. The van der Waals surface area contributed by atoms with Gasteiger partial charge in [0, 0.05) is 0 Å². The average Bonchev–Trinajstić information content (AvgIpc) is 2.46. The van der Waals surface area contributed by atoms with Gasteiger partial charge in [-0.2, -0.15) is 0 Å². The SMILES string of the molecule is COc1ccsc1/C=C/C(C)(C)C. The van der Waals surface area contributed by atoms with Crippen LogP contribution in [0.25, 0.3) is 6.08 Å². The predicted molar refractivity (Wildman–Crippen MR) is 59.4 cm³/mol. The van der Waals surface area contributed by atoms with E-state index in [1.54, 1.807) is 18.4 Å². The van der Waals surface area contributed by atoms with Crippen molar-refractivity contribution in [3.63, 3.8) is 0 Å². The minimum absolute atomic E-state index is 0.231. The van der Waals surface area contributed by atoms with Crippen LogP contribution in [0.4, 0.5) is 0 Å². The molecule has 0 amide bonds. The summed E-state index contributed by atoms with van der Waals surface area (Å²) in [5, 5.41) is 2.04. The van der Waals surface area contributed by atoms with Gasteiger partial charge in [-0.3, -0.25) is 0 Å². The van der Waals surface area contributed by atoms with Gasteiger partial charge in [-0.25, -0.2) is 0 Å². The molecule has 0 N–H and O–H groups in total. The summed E-state index contributed by atoms with van der Waals surface area (Å²) in [4.78, 5) is 1.19. The topological polar surface area (TPSA) is 9.23 Å². The van der Waals surface area contributed by atoms with Crippen LogP contribution in [0.2, 0.25) is 0 Å². The molecule has 0 bridgehead atoms. The molecule has 0 aliphatic carbocycles. The molecule has 0 aliphatic rings. The fraction of sp³-hybridized carbons (Fsp3) is 0.455. The third-order valence-electron chi connectivity index (χ3n) is 1.61. The van der Waals surface area contributed by atoms with Gasteiger partial charge in [-0.1, -0.05) is 26.8 Å². The van der Waals surface area contributed by atoms with Crippen LogP contribution >= 0.6 is 11.3 Å². The number of methoxy groups -OCH3 is 1. The number of allylic oxidation sites excluding steroid dienone is 1. The lowest BCUT2D eigenvalue weighted by molar-refractivity contribution is 0.416. The summed E-state index contributed by atoms with van der Waals surface area (Å²) in [6.07, 6.45) is 4.32. The first-order valence-corrected chi connectivity index (χ1v) is 5.21. The van der Waals surface area contributed by atoms with Crippen molar-refractivity contribution in [2.24, 2.45) is 5.41 Å². The van der Waals surface area contributed by atoms with Gasteiger partial charge < -0.3 is 4.74 Å². The molecule has 1 aromatic rings. The van der Waals surface area contributed by atoms with Crippen LogP contribution in [0.1, 0.15) is 25.6 Å². The Balaban J connectivity index is 2.79. The summed E-state index contributed by atoms with van der Waals surface area (Å²) in [5.41, 5.74) is 0.231. The molecule has 1 nitrogen and oxygen atoms in total. The van der Waals surface area contributed by atoms with E-state index in [9.17, 15) is 0 Å². The summed E-state index contributed by atoms with van der Waals surface area (Å²) in [7, 11) is 1.70. The Bertz CT molecular complexity index is 291. The monoisotopic (exact) mass is 196 g/mol. The molecule has 72 valence electrons. The molecule has 1 heterocycles. The van der Waals surface area contributed by atoms with Crippen molar-refractivity contribution < 1.29 is 4.74 Å². The van der Waals surface area contributed by atoms with Crippen molar-refractivity contribution in [3.8, 4) is 5.75 Å². The molecular weight excluding hydrogens is 180 g/mol. The summed E-state index contributed by atoms with van der Waals surface area (Å²) < 4.78 is 5.21. The molecule has 0 saturated heterocycles. The summed E-state index contributed by atoms with van der Waals surface area (Å²) in [6.45, 7) is 6.55. The van der Waals surface area contributed by atoms with E-state index in [2.05, 4.69) is 32.9 Å². The second kappa shape index (κ2) is 3.97. The lowest BCUT2D eigenvalue weighted by Gasteiger charge is -2.10. The highest BCUT2D eigenvalue weighted by atomic mass is 32.1. The Morgan fingerprint density at radius 1 is 1.38 bits per heavy atom. The number of thiophene rings is 1. The average molecular weight is 196 g/mol. The van der Waals surface area contributed by atoms with E-state index in [0.29, 0.717) is 0 Å². The van der Waals surface area contributed by atoms with Gasteiger partial charge in [0.05, 0.1) is 12.0 Å². The highest BCUT2D eigenvalue weighted by molar-refractivity contribution is 7.11. The molecule has 0 fully saturated rings. The van der Waals surface area contributed by atoms with E-state index in [0.717, 1.165) is 5.75 Å². The lowest BCUT2D eigenvalue weighted by Crippen LogP contribution is -1.97. The highest BCUT2D eigenvalue weighted by Crippen LogP contribution is 2.27. The molecule has 1 rings (SSSR count). The van der Waals surface area contributed by atoms with Crippen molar-refractivity contribution in [1.82, 2.24) is 0 Å². The molecule has 0 atom stereocenters. The molecule has 0 saturated carbocycles. The van der Waals surface area contributed by atoms with Gasteiger partial charge in [0.1, 0.15) is 5.75 Å². The zero-order valence-electron chi connectivity index (χ0n) is 8.63. The van der Waals surface area contributed by atoms with Gasteiger partial charge in [-0.05, 0) is 22.9 Å². The fourth-order valence-corrected chi connectivity index (χ4v) is 1.68. The lowest BCUT2D eigenvalue weighted by atomic mass is 9.96. The smallest absolute Gasteiger partial charge is 0.136 e. The maximum atomic E-state index is 5.21. The second-order valence-corrected chi connectivity index (χ2v) is 5.00. The second-order valence-electron chi connectivity index (χ2n) is 4.05. The standard InChI is InChI=1S/C11H16OS/c1-11(2,3)7-5-10-9(12-4)6-8-13-10/h5-8H,1-4H3/b7-5+. The van der Waals surface area contributed by atoms with Crippen LogP contribution in [0.15, 0.2) is 17.5 Å². The summed E-state index contributed by atoms with van der Waals surface area (Å²) in [6, 6.07) is 1.99. The van der Waals surface area contributed by atoms with Crippen LogP contribution in [0.5, 0.6) is 5.75 Å². The minimum Gasteiger partial charge on any atom is -0.495 e. The van der Waals surface area contributed by atoms with Crippen LogP contribution < -0.4 is 4.74 Å². The van der Waals surface area contributed by atoms with Gasteiger partial charge in [0.15, 0.2) is 0 Å². The molecule has 2 heteroatoms. The molecule has 0 unspecified atom stereocenters. The first-order valence-electron chi connectivity index (χ1n) is 4.33.